The first-order valence-corrected chi connectivity index (χ1v) is 12.3. The highest BCUT2D eigenvalue weighted by atomic mass is 19.1. The molecule has 5 aromatic rings. The number of H-pyrrole nitrogens is 1. The highest BCUT2D eigenvalue weighted by molar-refractivity contribution is 6.03. The number of hydrogen-bond donors (Lipinski definition) is 2. The van der Waals surface area contributed by atoms with Crippen LogP contribution in [-0.4, -0.2) is 55.6 Å². The van der Waals surface area contributed by atoms with E-state index in [1.165, 1.54) is 6.07 Å². The number of piperazine rings is 1. The van der Waals surface area contributed by atoms with Crippen LogP contribution in [0.4, 0.5) is 10.2 Å². The molecule has 0 spiro atoms. The molecular formula is C28H23FN8. The molecule has 6 heterocycles. The quantitative estimate of drug-likeness (QED) is 0.382. The first kappa shape index (κ1) is 21.8. The molecule has 8 nitrogen and oxygen atoms in total. The number of fused-ring (bicyclic) bond motifs is 2. The molecule has 0 bridgehead atoms. The van der Waals surface area contributed by atoms with Gasteiger partial charge in [-0.1, -0.05) is 18.2 Å². The smallest absolute Gasteiger partial charge is 0.163 e. The van der Waals surface area contributed by atoms with Crippen molar-refractivity contribution in [3.63, 3.8) is 0 Å². The van der Waals surface area contributed by atoms with Crippen molar-refractivity contribution >= 4 is 33.3 Å². The van der Waals surface area contributed by atoms with Crippen molar-refractivity contribution in [1.82, 2.24) is 35.2 Å². The summed E-state index contributed by atoms with van der Waals surface area (Å²) in [7, 11) is 0. The van der Waals surface area contributed by atoms with Gasteiger partial charge in [0.2, 0.25) is 0 Å². The number of rotatable bonds is 4. The fourth-order valence-corrected chi connectivity index (χ4v) is 5.07. The number of hydrogen-bond acceptors (Lipinski definition) is 7. The summed E-state index contributed by atoms with van der Waals surface area (Å²) in [6.45, 7) is 4.79. The summed E-state index contributed by atoms with van der Waals surface area (Å²) in [6, 6.07) is 6.99. The Morgan fingerprint density at radius 3 is 2.81 bits per heavy atom. The molecular weight excluding hydrogens is 467 g/mol. The number of nitrogens with zero attached hydrogens (tertiary/aromatic N) is 6. The molecule has 37 heavy (non-hydrogen) atoms. The van der Waals surface area contributed by atoms with Crippen LogP contribution in [0, 0.1) is 5.82 Å². The van der Waals surface area contributed by atoms with Crippen molar-refractivity contribution < 1.29 is 4.39 Å². The minimum absolute atomic E-state index is 0.247. The van der Waals surface area contributed by atoms with Crippen LogP contribution in [-0.2, 0) is 0 Å². The molecule has 0 amide bonds. The van der Waals surface area contributed by atoms with Gasteiger partial charge < -0.3 is 15.2 Å². The Morgan fingerprint density at radius 1 is 1.08 bits per heavy atom. The Hall–Kier alpha value is -4.50. The van der Waals surface area contributed by atoms with E-state index in [0.29, 0.717) is 17.2 Å². The van der Waals surface area contributed by atoms with E-state index in [-0.39, 0.29) is 11.7 Å². The second kappa shape index (κ2) is 8.56. The molecule has 2 aliphatic rings. The van der Waals surface area contributed by atoms with Crippen molar-refractivity contribution in [1.29, 1.82) is 0 Å². The molecule has 5 aromatic heterocycles. The topological polar surface area (TPSA) is 95.5 Å². The van der Waals surface area contributed by atoms with Gasteiger partial charge in [0.15, 0.2) is 11.6 Å². The lowest BCUT2D eigenvalue weighted by Gasteiger charge is -2.36. The molecule has 9 heteroatoms. The number of pyridine rings is 3. The third-order valence-corrected chi connectivity index (χ3v) is 7.01. The van der Waals surface area contributed by atoms with Gasteiger partial charge in [0.05, 0.1) is 22.8 Å². The third kappa shape index (κ3) is 3.58. The normalized spacial score (nSPS) is 17.3. The van der Waals surface area contributed by atoms with Gasteiger partial charge in [0.25, 0.3) is 0 Å². The minimum atomic E-state index is -0.398. The zero-order valence-electron chi connectivity index (χ0n) is 20.1. The zero-order valence-corrected chi connectivity index (χ0v) is 20.1. The first-order valence-electron chi connectivity index (χ1n) is 12.3. The Bertz CT molecular complexity index is 1740. The Labute approximate surface area is 212 Å². The Balaban J connectivity index is 1.45. The van der Waals surface area contributed by atoms with Crippen molar-refractivity contribution in [2.24, 2.45) is 0 Å². The van der Waals surface area contributed by atoms with Gasteiger partial charge in [0, 0.05) is 60.8 Å². The summed E-state index contributed by atoms with van der Waals surface area (Å²) in [5.74, 6) is 1.07. The Morgan fingerprint density at radius 2 is 2.00 bits per heavy atom. The van der Waals surface area contributed by atoms with Crippen molar-refractivity contribution in [3.05, 3.63) is 78.7 Å². The van der Waals surface area contributed by atoms with Crippen LogP contribution in [0.1, 0.15) is 12.5 Å². The molecule has 182 valence electrons. The van der Waals surface area contributed by atoms with Crippen LogP contribution in [0.2, 0.25) is 0 Å². The van der Waals surface area contributed by atoms with Gasteiger partial charge >= 0.3 is 0 Å². The molecule has 0 radical (unpaired) electrons. The number of aromatic amines is 1. The van der Waals surface area contributed by atoms with Gasteiger partial charge in [0.1, 0.15) is 17.2 Å². The summed E-state index contributed by atoms with van der Waals surface area (Å²) in [4.78, 5) is 28.9. The molecule has 1 atom stereocenters. The summed E-state index contributed by atoms with van der Waals surface area (Å²) >= 11 is 0. The van der Waals surface area contributed by atoms with E-state index in [0.717, 1.165) is 58.4 Å². The predicted molar refractivity (Wildman–Crippen MR) is 142 cm³/mol. The molecule has 0 aromatic carbocycles. The molecule has 0 unspecified atom stereocenters. The summed E-state index contributed by atoms with van der Waals surface area (Å²) in [5.41, 5.74) is 5.16. The summed E-state index contributed by atoms with van der Waals surface area (Å²) in [5, 5.41) is 5.27. The number of halogens is 1. The van der Waals surface area contributed by atoms with Crippen LogP contribution in [0.15, 0.2) is 67.3 Å². The van der Waals surface area contributed by atoms with Crippen molar-refractivity contribution in [2.45, 2.75) is 13.0 Å². The van der Waals surface area contributed by atoms with E-state index in [4.69, 9.17) is 9.97 Å². The maximum absolute atomic E-state index is 14.5. The van der Waals surface area contributed by atoms with E-state index in [1.54, 1.807) is 24.7 Å². The van der Waals surface area contributed by atoms with Gasteiger partial charge in [-0.2, -0.15) is 0 Å². The highest BCUT2D eigenvalue weighted by Crippen LogP contribution is 2.37. The standard InChI is InChI=1S/C28H23FN8/c1-16-13-30-10-11-37(16)28-24-20(17-4-2-5-17)14-31-15-23(24)35-27(36-28)18-7-9-33-26-19(18)12-22(34-26)25-21(29)6-3-8-32-25/h2-9,12,14-16,30H,10-11,13H2,1H3,(H,33,34)/t16-/m0/s1. The number of aromatic nitrogens is 6. The lowest BCUT2D eigenvalue weighted by Crippen LogP contribution is -2.50. The zero-order chi connectivity index (χ0) is 24.9. The number of anilines is 1. The average molecular weight is 491 g/mol. The second-order valence-electron chi connectivity index (χ2n) is 9.32. The van der Waals surface area contributed by atoms with E-state index in [2.05, 4.69) is 49.2 Å². The van der Waals surface area contributed by atoms with Gasteiger partial charge in [-0.05, 0) is 36.8 Å². The van der Waals surface area contributed by atoms with Crippen LogP contribution >= 0.6 is 0 Å². The van der Waals surface area contributed by atoms with Crippen molar-refractivity contribution in [3.8, 4) is 22.8 Å². The maximum atomic E-state index is 14.5. The minimum Gasteiger partial charge on any atom is -0.351 e. The Kier molecular flexibility index (Phi) is 5.03. The summed E-state index contributed by atoms with van der Waals surface area (Å²) < 4.78 is 14.5. The molecule has 0 saturated carbocycles. The summed E-state index contributed by atoms with van der Waals surface area (Å²) in [6.07, 6.45) is 13.2. The van der Waals surface area contributed by atoms with Gasteiger partial charge in [-0.25, -0.2) is 19.3 Å². The van der Waals surface area contributed by atoms with Crippen LogP contribution in [0.3, 0.4) is 0 Å². The van der Waals surface area contributed by atoms with Crippen LogP contribution in [0.25, 0.3) is 50.3 Å². The molecule has 1 aliphatic carbocycles. The van der Waals surface area contributed by atoms with E-state index >= 15 is 0 Å². The molecule has 1 aliphatic heterocycles. The van der Waals surface area contributed by atoms with Crippen molar-refractivity contribution in [2.75, 3.05) is 24.5 Å². The molecule has 1 saturated heterocycles. The van der Waals surface area contributed by atoms with Gasteiger partial charge in [-0.3, -0.25) is 9.97 Å². The monoisotopic (exact) mass is 490 g/mol. The van der Waals surface area contributed by atoms with E-state index in [9.17, 15) is 4.39 Å². The fraction of sp³-hybridized carbons (Fsp3) is 0.179. The lowest BCUT2D eigenvalue weighted by molar-refractivity contribution is 0.498. The lowest BCUT2D eigenvalue weighted by atomic mass is 9.97. The fourth-order valence-electron chi connectivity index (χ4n) is 5.07. The molecule has 1 fully saturated rings. The highest BCUT2D eigenvalue weighted by Gasteiger charge is 2.26. The van der Waals surface area contributed by atoms with Gasteiger partial charge in [-0.15, -0.1) is 0 Å². The molecule has 7 rings (SSSR count). The second-order valence-corrected chi connectivity index (χ2v) is 9.32. The SMILES string of the molecule is C[C@H]1CNCCN1c1nc(-c2ccnc3[nH]c(-c4ncccc4F)cc23)nc2cncc(C3=CC=C3)c12. The number of nitrogens with one attached hydrogen (secondary N) is 2. The van der Waals surface area contributed by atoms with Crippen LogP contribution < -0.4 is 10.2 Å². The average Bonchev–Trinajstić information content (AvgIpc) is 3.32. The van der Waals surface area contributed by atoms with E-state index < -0.39 is 5.82 Å². The number of allylic oxidation sites excluding steroid dienone is 4. The third-order valence-electron chi connectivity index (χ3n) is 7.01. The van der Waals surface area contributed by atoms with Crippen LogP contribution in [0.5, 0.6) is 0 Å². The maximum Gasteiger partial charge on any atom is 0.163 e. The molecule has 2 N–H and O–H groups in total. The predicted octanol–water partition coefficient (Wildman–Crippen LogP) is 4.52. The first-order chi connectivity index (χ1) is 18.2. The largest absolute Gasteiger partial charge is 0.351 e. The van der Waals surface area contributed by atoms with E-state index in [1.807, 2.05) is 24.4 Å².